The van der Waals surface area contributed by atoms with E-state index in [1.165, 1.54) is 6.33 Å². The number of carbonyl (C=O) groups is 1. The van der Waals surface area contributed by atoms with E-state index in [0.29, 0.717) is 5.56 Å². The van der Waals surface area contributed by atoms with Crippen LogP contribution in [0.5, 0.6) is 0 Å². The minimum absolute atomic E-state index is 0.0934. The zero-order valence-electron chi connectivity index (χ0n) is 10.0. The molecule has 2 N–H and O–H groups in total. The van der Waals surface area contributed by atoms with Crippen LogP contribution in [0.15, 0.2) is 36.8 Å². The molecule has 0 saturated heterocycles. The third kappa shape index (κ3) is 2.21. The van der Waals surface area contributed by atoms with Gasteiger partial charge in [0.05, 0.1) is 5.56 Å². The number of benzene rings is 1. The molecule has 3 aromatic rings. The van der Waals surface area contributed by atoms with Crippen molar-refractivity contribution in [1.29, 1.82) is 0 Å². The molecule has 0 atom stereocenters. The number of anilines is 1. The van der Waals surface area contributed by atoms with Crippen LogP contribution in [-0.2, 0) is 0 Å². The van der Waals surface area contributed by atoms with Crippen molar-refractivity contribution < 1.29 is 4.79 Å². The van der Waals surface area contributed by atoms with Gasteiger partial charge in [-0.15, -0.1) is 0 Å². The van der Waals surface area contributed by atoms with Crippen LogP contribution in [0.25, 0.3) is 10.9 Å². The lowest BCUT2D eigenvalue weighted by molar-refractivity contribution is 0.102. The summed E-state index contributed by atoms with van der Waals surface area (Å²) in [6.45, 7) is 0. The number of nitrogens with zero attached hydrogens (tertiary/aromatic N) is 2. The number of amides is 1. The number of fused-ring (bicyclic) bond motifs is 1. The molecule has 0 unspecified atom stereocenters. The van der Waals surface area contributed by atoms with Crippen molar-refractivity contribution >= 4 is 45.8 Å². The Morgan fingerprint density at radius 2 is 2.00 bits per heavy atom. The molecular weight excluding hydrogens is 299 g/mol. The molecular formula is C13H8Cl2N4O. The molecule has 2 aromatic heterocycles. The van der Waals surface area contributed by atoms with Gasteiger partial charge in [-0.25, -0.2) is 9.97 Å². The standard InChI is InChI=1S/C13H8Cl2N4O/c14-10-11(15)17-6-18-12(10)19-13(20)8-5-16-9-4-2-1-3-7(8)9/h1-6,16H,(H,17,18,19,20). The van der Waals surface area contributed by atoms with Gasteiger partial charge in [0.1, 0.15) is 11.3 Å². The maximum absolute atomic E-state index is 12.3. The highest BCUT2D eigenvalue weighted by Gasteiger charge is 2.15. The van der Waals surface area contributed by atoms with E-state index in [0.717, 1.165) is 10.9 Å². The molecule has 1 aromatic carbocycles. The van der Waals surface area contributed by atoms with Gasteiger partial charge in [0, 0.05) is 17.1 Å². The number of carbonyl (C=O) groups excluding carboxylic acids is 1. The maximum Gasteiger partial charge on any atom is 0.259 e. The lowest BCUT2D eigenvalue weighted by atomic mass is 10.1. The fourth-order valence-corrected chi connectivity index (χ4v) is 2.15. The van der Waals surface area contributed by atoms with E-state index in [4.69, 9.17) is 23.2 Å². The van der Waals surface area contributed by atoms with Crippen molar-refractivity contribution in [3.8, 4) is 0 Å². The van der Waals surface area contributed by atoms with Crippen molar-refractivity contribution in [2.24, 2.45) is 0 Å². The smallest absolute Gasteiger partial charge is 0.259 e. The number of halogens is 2. The second kappa shape index (κ2) is 5.11. The molecule has 0 aliphatic heterocycles. The zero-order valence-corrected chi connectivity index (χ0v) is 11.5. The van der Waals surface area contributed by atoms with Gasteiger partial charge in [0.15, 0.2) is 11.0 Å². The van der Waals surface area contributed by atoms with E-state index < -0.39 is 0 Å². The van der Waals surface area contributed by atoms with Gasteiger partial charge in [-0.2, -0.15) is 0 Å². The highest BCUT2D eigenvalue weighted by atomic mass is 35.5. The zero-order chi connectivity index (χ0) is 14.1. The molecule has 0 aliphatic carbocycles. The van der Waals surface area contributed by atoms with E-state index in [2.05, 4.69) is 20.3 Å². The predicted molar refractivity (Wildman–Crippen MR) is 78.3 cm³/mol. The Labute approximate surface area is 124 Å². The first-order valence-corrected chi connectivity index (χ1v) is 6.46. The highest BCUT2D eigenvalue weighted by Crippen LogP contribution is 2.26. The van der Waals surface area contributed by atoms with Crippen LogP contribution < -0.4 is 5.32 Å². The van der Waals surface area contributed by atoms with Gasteiger partial charge in [-0.05, 0) is 6.07 Å². The number of nitrogens with one attached hydrogen (secondary N) is 2. The molecule has 0 fully saturated rings. The first kappa shape index (κ1) is 12.9. The molecule has 0 saturated carbocycles. The van der Waals surface area contributed by atoms with Crippen molar-refractivity contribution in [2.45, 2.75) is 0 Å². The summed E-state index contributed by atoms with van der Waals surface area (Å²) in [6, 6.07) is 7.50. The maximum atomic E-state index is 12.3. The Bertz CT molecular complexity index is 800. The monoisotopic (exact) mass is 306 g/mol. The third-order valence-electron chi connectivity index (χ3n) is 2.81. The molecule has 0 bridgehead atoms. The number of hydrogen-bond donors (Lipinski definition) is 2. The largest absolute Gasteiger partial charge is 0.360 e. The first-order chi connectivity index (χ1) is 9.66. The molecule has 1 amide bonds. The van der Waals surface area contributed by atoms with Gasteiger partial charge < -0.3 is 10.3 Å². The van der Waals surface area contributed by atoms with Gasteiger partial charge in [-0.1, -0.05) is 41.4 Å². The van der Waals surface area contributed by atoms with Crippen molar-refractivity contribution in [1.82, 2.24) is 15.0 Å². The Morgan fingerprint density at radius 1 is 1.20 bits per heavy atom. The van der Waals surface area contributed by atoms with Crippen LogP contribution >= 0.6 is 23.2 Å². The van der Waals surface area contributed by atoms with E-state index in [9.17, 15) is 4.79 Å². The third-order valence-corrected chi connectivity index (χ3v) is 3.55. The van der Waals surface area contributed by atoms with Gasteiger partial charge in [-0.3, -0.25) is 4.79 Å². The van der Waals surface area contributed by atoms with Crippen LogP contribution in [0, 0.1) is 0 Å². The minimum Gasteiger partial charge on any atom is -0.360 e. The highest BCUT2D eigenvalue weighted by molar-refractivity contribution is 6.43. The number of para-hydroxylation sites is 1. The van der Waals surface area contributed by atoms with Gasteiger partial charge >= 0.3 is 0 Å². The predicted octanol–water partition coefficient (Wildman–Crippen LogP) is 3.52. The number of aromatic amines is 1. The van der Waals surface area contributed by atoms with Gasteiger partial charge in [0.25, 0.3) is 5.91 Å². The average molecular weight is 307 g/mol. The molecule has 7 heteroatoms. The molecule has 5 nitrogen and oxygen atoms in total. The Balaban J connectivity index is 1.95. The van der Waals surface area contributed by atoms with E-state index >= 15 is 0 Å². The van der Waals surface area contributed by atoms with Crippen LogP contribution in [-0.4, -0.2) is 20.9 Å². The topological polar surface area (TPSA) is 70.7 Å². The second-order valence-electron chi connectivity index (χ2n) is 4.03. The Kier molecular flexibility index (Phi) is 3.30. The van der Waals surface area contributed by atoms with Crippen LogP contribution in [0.1, 0.15) is 10.4 Å². The summed E-state index contributed by atoms with van der Waals surface area (Å²) in [6.07, 6.45) is 2.87. The quantitative estimate of drug-likeness (QED) is 0.712. The normalized spacial score (nSPS) is 10.7. The Hall–Kier alpha value is -2.11. The molecule has 100 valence electrons. The van der Waals surface area contributed by atoms with Crippen LogP contribution in [0.2, 0.25) is 10.2 Å². The molecule has 20 heavy (non-hydrogen) atoms. The number of hydrogen-bond acceptors (Lipinski definition) is 3. The van der Waals surface area contributed by atoms with Crippen LogP contribution in [0.3, 0.4) is 0 Å². The minimum atomic E-state index is -0.320. The summed E-state index contributed by atoms with van der Waals surface area (Å²) in [5.41, 5.74) is 1.39. The molecule has 2 heterocycles. The van der Waals surface area contributed by atoms with E-state index in [-0.39, 0.29) is 21.9 Å². The lowest BCUT2D eigenvalue weighted by Crippen LogP contribution is -2.13. The first-order valence-electron chi connectivity index (χ1n) is 5.70. The van der Waals surface area contributed by atoms with Crippen LogP contribution in [0.4, 0.5) is 5.82 Å². The fraction of sp³-hybridized carbons (Fsp3) is 0. The lowest BCUT2D eigenvalue weighted by Gasteiger charge is -2.05. The van der Waals surface area contributed by atoms with Crippen molar-refractivity contribution in [2.75, 3.05) is 5.32 Å². The summed E-state index contributed by atoms with van der Waals surface area (Å²) in [4.78, 5) is 22.9. The molecule has 0 aliphatic rings. The van der Waals surface area contributed by atoms with Crippen molar-refractivity contribution in [3.63, 3.8) is 0 Å². The van der Waals surface area contributed by atoms with E-state index in [1.54, 1.807) is 6.20 Å². The molecule has 3 rings (SSSR count). The summed E-state index contributed by atoms with van der Waals surface area (Å²) >= 11 is 11.7. The van der Waals surface area contributed by atoms with E-state index in [1.807, 2.05) is 24.3 Å². The summed E-state index contributed by atoms with van der Waals surface area (Å²) in [5.74, 6) is -0.138. The second-order valence-corrected chi connectivity index (χ2v) is 4.77. The fourth-order valence-electron chi connectivity index (χ4n) is 1.87. The summed E-state index contributed by atoms with van der Waals surface area (Å²) in [7, 11) is 0. The number of aromatic nitrogens is 3. The van der Waals surface area contributed by atoms with Crippen molar-refractivity contribution in [3.05, 3.63) is 52.5 Å². The SMILES string of the molecule is O=C(Nc1ncnc(Cl)c1Cl)c1c[nH]c2ccccc12. The molecule has 0 radical (unpaired) electrons. The Morgan fingerprint density at radius 3 is 2.85 bits per heavy atom. The average Bonchev–Trinajstić information content (AvgIpc) is 2.88. The number of H-pyrrole nitrogens is 1. The van der Waals surface area contributed by atoms with Gasteiger partial charge in [0.2, 0.25) is 0 Å². The summed E-state index contributed by atoms with van der Waals surface area (Å²) in [5, 5.41) is 3.65. The molecule has 0 spiro atoms. The summed E-state index contributed by atoms with van der Waals surface area (Å²) < 4.78 is 0. The number of rotatable bonds is 2.